The van der Waals surface area contributed by atoms with Crippen molar-refractivity contribution >= 4 is 11.6 Å². The number of rotatable bonds is 12. The van der Waals surface area contributed by atoms with Gasteiger partial charge in [-0.15, -0.1) is 0 Å². The van der Waals surface area contributed by atoms with Crippen LogP contribution >= 0.6 is 0 Å². The lowest BCUT2D eigenvalue weighted by Gasteiger charge is -2.12. The van der Waals surface area contributed by atoms with Gasteiger partial charge in [0.2, 0.25) is 5.91 Å². The molecule has 5 aromatic rings. The molecule has 6 nitrogen and oxygen atoms in total. The van der Waals surface area contributed by atoms with Gasteiger partial charge in [0.05, 0.1) is 12.5 Å². The van der Waals surface area contributed by atoms with Crippen LogP contribution in [0.25, 0.3) is 11.1 Å². The summed E-state index contributed by atoms with van der Waals surface area (Å²) in [5.41, 5.74) is 6.36. The van der Waals surface area contributed by atoms with Crippen LogP contribution in [-0.4, -0.2) is 33.7 Å². The van der Waals surface area contributed by atoms with E-state index in [0.29, 0.717) is 13.1 Å². The minimum atomic E-state index is -0.519. The van der Waals surface area contributed by atoms with E-state index in [1.54, 1.807) is 6.20 Å². The number of hydrogen-bond acceptors (Lipinski definition) is 4. The first-order valence-corrected chi connectivity index (χ1v) is 13.6. The molecule has 1 unspecified atom stereocenters. The molecule has 4 aromatic carbocycles. The van der Waals surface area contributed by atoms with Crippen LogP contribution in [0.3, 0.4) is 0 Å². The average Bonchev–Trinajstić information content (AvgIpc) is 3.43. The molecule has 202 valence electrons. The van der Waals surface area contributed by atoms with Crippen molar-refractivity contribution in [1.29, 1.82) is 0 Å². The van der Waals surface area contributed by atoms with Crippen LogP contribution < -0.4 is 10.6 Å². The number of anilines is 1. The quantitative estimate of drug-likeness (QED) is 0.182. The third-order valence-corrected chi connectivity index (χ3v) is 6.88. The van der Waals surface area contributed by atoms with E-state index >= 15 is 0 Å². The van der Waals surface area contributed by atoms with E-state index in [1.165, 1.54) is 11.1 Å². The van der Waals surface area contributed by atoms with Crippen LogP contribution in [0.1, 0.15) is 28.6 Å². The van der Waals surface area contributed by atoms with Crippen molar-refractivity contribution in [2.75, 3.05) is 18.4 Å². The van der Waals surface area contributed by atoms with Gasteiger partial charge in [-0.05, 0) is 52.9 Å². The molecule has 0 bridgehead atoms. The summed E-state index contributed by atoms with van der Waals surface area (Å²) in [5.74, 6) is 0.626. The van der Waals surface area contributed by atoms with E-state index in [2.05, 4.69) is 52.0 Å². The van der Waals surface area contributed by atoms with Crippen LogP contribution in [0.15, 0.2) is 122 Å². The number of nitrogens with zero attached hydrogens (tertiary/aromatic N) is 2. The molecule has 3 N–H and O–H groups in total. The number of imidazole rings is 1. The Morgan fingerprint density at radius 2 is 1.45 bits per heavy atom. The molecule has 0 saturated carbocycles. The number of carbonyl (C=O) groups excluding carboxylic acids is 1. The first-order chi connectivity index (χ1) is 19.6. The number of aromatic nitrogens is 2. The molecule has 0 radical (unpaired) electrons. The van der Waals surface area contributed by atoms with Crippen LogP contribution in [0.4, 0.5) is 5.69 Å². The predicted molar refractivity (Wildman–Crippen MR) is 160 cm³/mol. The lowest BCUT2D eigenvalue weighted by atomic mass is 10.0. The Kier molecular flexibility index (Phi) is 9.14. The van der Waals surface area contributed by atoms with E-state index in [0.717, 1.165) is 41.2 Å². The highest BCUT2D eigenvalue weighted by atomic mass is 16.3. The molecule has 0 aliphatic rings. The molecule has 0 spiro atoms. The Bertz CT molecular complexity index is 1480. The number of hydrogen-bond donors (Lipinski definition) is 3. The van der Waals surface area contributed by atoms with E-state index in [1.807, 2.05) is 83.6 Å². The maximum Gasteiger partial charge on any atom is 0.231 e. The van der Waals surface area contributed by atoms with Crippen molar-refractivity contribution in [3.63, 3.8) is 0 Å². The fourth-order valence-electron chi connectivity index (χ4n) is 4.65. The summed E-state index contributed by atoms with van der Waals surface area (Å²) in [5, 5.41) is 16.6. The second-order valence-electron chi connectivity index (χ2n) is 9.84. The Hall–Kier alpha value is -4.52. The summed E-state index contributed by atoms with van der Waals surface area (Å²) in [4.78, 5) is 17.2. The minimum absolute atomic E-state index is 0.101. The smallest absolute Gasteiger partial charge is 0.231 e. The second kappa shape index (κ2) is 13.5. The fourth-order valence-corrected chi connectivity index (χ4v) is 4.65. The van der Waals surface area contributed by atoms with Gasteiger partial charge in [-0.25, -0.2) is 4.98 Å². The van der Waals surface area contributed by atoms with E-state index < -0.39 is 6.10 Å². The lowest BCUT2D eigenvalue weighted by Crippen LogP contribution is -2.23. The van der Waals surface area contributed by atoms with Gasteiger partial charge in [0.25, 0.3) is 0 Å². The van der Waals surface area contributed by atoms with Crippen LogP contribution in [-0.2, 0) is 24.2 Å². The first-order valence-electron chi connectivity index (χ1n) is 13.6. The van der Waals surface area contributed by atoms with Gasteiger partial charge < -0.3 is 20.3 Å². The number of aliphatic hydroxyl groups is 1. The van der Waals surface area contributed by atoms with Crippen molar-refractivity contribution in [2.45, 2.75) is 25.5 Å². The van der Waals surface area contributed by atoms with Gasteiger partial charge in [0, 0.05) is 31.2 Å². The van der Waals surface area contributed by atoms with Gasteiger partial charge in [-0.2, -0.15) is 0 Å². The molecule has 40 heavy (non-hydrogen) atoms. The molecular formula is C34H34N4O2. The predicted octanol–water partition coefficient (Wildman–Crippen LogP) is 5.65. The molecule has 1 atom stereocenters. The standard InChI is InChI=1S/C34H34N4O2/c39-32(30-9-5-2-6-10-30)24-35-20-19-26-13-17-31(18-14-26)37-34(40)23-33-36-21-22-38(33)25-27-11-15-29(16-12-27)28-7-3-1-4-8-28/h1-18,21-22,32,35,39H,19-20,23-25H2,(H,37,40). The fraction of sp³-hybridized carbons (Fsp3) is 0.176. The molecule has 0 aliphatic carbocycles. The number of carbonyl (C=O) groups is 1. The third-order valence-electron chi connectivity index (χ3n) is 6.88. The zero-order chi connectivity index (χ0) is 27.6. The first kappa shape index (κ1) is 27.1. The highest BCUT2D eigenvalue weighted by molar-refractivity contribution is 5.91. The monoisotopic (exact) mass is 530 g/mol. The Labute approximate surface area is 235 Å². The molecule has 1 amide bonds. The topological polar surface area (TPSA) is 79.2 Å². The van der Waals surface area contributed by atoms with Crippen molar-refractivity contribution < 1.29 is 9.90 Å². The van der Waals surface area contributed by atoms with Crippen molar-refractivity contribution in [2.24, 2.45) is 0 Å². The van der Waals surface area contributed by atoms with Gasteiger partial charge >= 0.3 is 0 Å². The van der Waals surface area contributed by atoms with Crippen LogP contribution in [0.2, 0.25) is 0 Å². The molecule has 5 rings (SSSR count). The van der Waals surface area contributed by atoms with Gasteiger partial charge in [0.1, 0.15) is 5.82 Å². The molecule has 0 fully saturated rings. The van der Waals surface area contributed by atoms with E-state index in [-0.39, 0.29) is 12.3 Å². The van der Waals surface area contributed by atoms with Crippen LogP contribution in [0.5, 0.6) is 0 Å². The maximum atomic E-state index is 12.8. The Morgan fingerprint density at radius 3 is 2.17 bits per heavy atom. The lowest BCUT2D eigenvalue weighted by molar-refractivity contribution is -0.115. The molecule has 1 aromatic heterocycles. The number of nitrogens with one attached hydrogen (secondary N) is 2. The minimum Gasteiger partial charge on any atom is -0.387 e. The highest BCUT2D eigenvalue weighted by Gasteiger charge is 2.11. The number of amides is 1. The summed E-state index contributed by atoms with van der Waals surface area (Å²) < 4.78 is 2.02. The van der Waals surface area contributed by atoms with E-state index in [9.17, 15) is 9.90 Å². The highest BCUT2D eigenvalue weighted by Crippen LogP contribution is 2.20. The summed E-state index contributed by atoms with van der Waals surface area (Å²) in [6, 6.07) is 36.3. The van der Waals surface area contributed by atoms with E-state index in [4.69, 9.17) is 0 Å². The molecule has 6 heteroatoms. The largest absolute Gasteiger partial charge is 0.387 e. The van der Waals surface area contributed by atoms with Crippen LogP contribution in [0, 0.1) is 0 Å². The summed E-state index contributed by atoms with van der Waals surface area (Å²) in [7, 11) is 0. The van der Waals surface area contributed by atoms with Gasteiger partial charge in [-0.1, -0.05) is 97.1 Å². The van der Waals surface area contributed by atoms with Crippen molar-refractivity contribution in [3.8, 4) is 11.1 Å². The van der Waals surface area contributed by atoms with Crippen molar-refractivity contribution in [3.05, 3.63) is 144 Å². The SMILES string of the molecule is O=C(Cc1nccn1Cc1ccc(-c2ccccc2)cc1)Nc1ccc(CCNCC(O)c2ccccc2)cc1. The number of benzene rings is 4. The maximum absolute atomic E-state index is 12.8. The zero-order valence-corrected chi connectivity index (χ0v) is 22.4. The molecule has 0 aliphatic heterocycles. The zero-order valence-electron chi connectivity index (χ0n) is 22.4. The third kappa shape index (κ3) is 7.53. The second-order valence-corrected chi connectivity index (χ2v) is 9.84. The summed E-state index contributed by atoms with van der Waals surface area (Å²) in [6.45, 7) is 1.92. The van der Waals surface area contributed by atoms with Gasteiger partial charge in [-0.3, -0.25) is 4.79 Å². The van der Waals surface area contributed by atoms with Gasteiger partial charge in [0.15, 0.2) is 0 Å². The summed E-state index contributed by atoms with van der Waals surface area (Å²) in [6.07, 6.45) is 4.16. The Balaban J connectivity index is 1.07. The molecule has 0 saturated heterocycles. The summed E-state index contributed by atoms with van der Waals surface area (Å²) >= 11 is 0. The molecular weight excluding hydrogens is 496 g/mol. The Morgan fingerprint density at radius 1 is 0.800 bits per heavy atom. The molecule has 1 heterocycles. The van der Waals surface area contributed by atoms with Crippen molar-refractivity contribution in [1.82, 2.24) is 14.9 Å². The average molecular weight is 531 g/mol. The normalized spacial score (nSPS) is 11.7. The number of aliphatic hydroxyl groups excluding tert-OH is 1.